The predicted octanol–water partition coefficient (Wildman–Crippen LogP) is 3.11. The van der Waals surface area contributed by atoms with Gasteiger partial charge in [0, 0.05) is 12.2 Å². The van der Waals surface area contributed by atoms with Crippen LogP contribution in [0, 0.1) is 5.92 Å². The molecule has 1 amide bonds. The quantitative estimate of drug-likeness (QED) is 0.853. The van der Waals surface area contributed by atoms with Crippen LogP contribution >= 0.6 is 11.8 Å². The van der Waals surface area contributed by atoms with Gasteiger partial charge in [0.2, 0.25) is 0 Å². The van der Waals surface area contributed by atoms with Gasteiger partial charge in [0.1, 0.15) is 5.03 Å². The number of carbonyl (C=O) groups excluding carboxylic acids is 1. The van der Waals surface area contributed by atoms with Gasteiger partial charge in [-0.1, -0.05) is 19.8 Å². The van der Waals surface area contributed by atoms with Gasteiger partial charge in [-0.2, -0.15) is 0 Å². The van der Waals surface area contributed by atoms with Crippen LogP contribution in [0.5, 0.6) is 0 Å². The second-order valence-electron chi connectivity index (χ2n) is 5.00. The normalized spacial score (nSPS) is 23.7. The van der Waals surface area contributed by atoms with Gasteiger partial charge in [0.25, 0.3) is 5.91 Å². The fourth-order valence-electron chi connectivity index (χ4n) is 2.55. The Kier molecular flexibility index (Phi) is 4.64. The first-order chi connectivity index (χ1) is 8.70. The van der Waals surface area contributed by atoms with Crippen LogP contribution in [-0.2, 0) is 0 Å². The summed E-state index contributed by atoms with van der Waals surface area (Å²) in [6, 6.07) is 4.00. The summed E-state index contributed by atoms with van der Waals surface area (Å²) in [4.78, 5) is 16.5. The minimum Gasteiger partial charge on any atom is -0.349 e. The molecule has 0 aliphatic heterocycles. The number of nitrogens with one attached hydrogen (secondary N) is 1. The minimum absolute atomic E-state index is 0.0200. The second kappa shape index (κ2) is 6.23. The van der Waals surface area contributed by atoms with Crippen molar-refractivity contribution >= 4 is 17.7 Å². The SMILES string of the molecule is CSc1ncccc1C(=O)N[C@@H]1CCC[C@@H](C)C1. The van der Waals surface area contributed by atoms with E-state index in [1.807, 2.05) is 18.4 Å². The van der Waals surface area contributed by atoms with Crippen LogP contribution in [0.1, 0.15) is 43.0 Å². The van der Waals surface area contributed by atoms with Gasteiger partial charge in [0.15, 0.2) is 0 Å². The van der Waals surface area contributed by atoms with Crippen molar-refractivity contribution in [2.24, 2.45) is 5.92 Å². The third-order valence-electron chi connectivity index (χ3n) is 3.48. The Morgan fingerprint density at radius 1 is 1.50 bits per heavy atom. The summed E-state index contributed by atoms with van der Waals surface area (Å²) in [5.41, 5.74) is 0.697. The monoisotopic (exact) mass is 264 g/mol. The lowest BCUT2D eigenvalue weighted by Gasteiger charge is -2.27. The highest BCUT2D eigenvalue weighted by molar-refractivity contribution is 7.98. The van der Waals surface area contributed by atoms with E-state index in [2.05, 4.69) is 17.2 Å². The fraction of sp³-hybridized carbons (Fsp3) is 0.571. The maximum Gasteiger partial charge on any atom is 0.254 e. The Balaban J connectivity index is 2.03. The summed E-state index contributed by atoms with van der Waals surface area (Å²) in [5, 5.41) is 3.95. The van der Waals surface area contributed by atoms with Gasteiger partial charge < -0.3 is 5.32 Å². The number of amides is 1. The average Bonchev–Trinajstić information content (AvgIpc) is 2.38. The highest BCUT2D eigenvalue weighted by Gasteiger charge is 2.21. The Labute approximate surface area is 113 Å². The molecule has 1 N–H and O–H groups in total. The largest absolute Gasteiger partial charge is 0.349 e. The molecule has 0 unspecified atom stereocenters. The number of pyridine rings is 1. The van der Waals surface area contributed by atoms with Crippen molar-refractivity contribution in [1.82, 2.24) is 10.3 Å². The lowest BCUT2D eigenvalue weighted by atomic mass is 9.87. The van der Waals surface area contributed by atoms with E-state index in [1.54, 1.807) is 6.20 Å². The smallest absolute Gasteiger partial charge is 0.254 e. The average molecular weight is 264 g/mol. The molecule has 0 spiro atoms. The van der Waals surface area contributed by atoms with Crippen molar-refractivity contribution in [1.29, 1.82) is 0 Å². The standard InChI is InChI=1S/C14H20N2OS/c1-10-5-3-6-11(9-10)16-13(17)12-7-4-8-15-14(12)18-2/h4,7-8,10-11H,3,5-6,9H2,1-2H3,(H,16,17)/t10-,11-/m1/s1. The van der Waals surface area contributed by atoms with E-state index in [-0.39, 0.29) is 5.91 Å². The second-order valence-corrected chi connectivity index (χ2v) is 5.80. The zero-order valence-electron chi connectivity index (χ0n) is 11.0. The first-order valence-electron chi connectivity index (χ1n) is 6.50. The van der Waals surface area contributed by atoms with E-state index in [1.165, 1.54) is 24.6 Å². The highest BCUT2D eigenvalue weighted by atomic mass is 32.2. The lowest BCUT2D eigenvalue weighted by Crippen LogP contribution is -2.38. The third kappa shape index (κ3) is 3.25. The molecule has 1 aromatic heterocycles. The Morgan fingerprint density at radius 2 is 2.33 bits per heavy atom. The van der Waals surface area contributed by atoms with Gasteiger partial charge in [-0.15, -0.1) is 11.8 Å². The number of hydrogen-bond acceptors (Lipinski definition) is 3. The van der Waals surface area contributed by atoms with Crippen molar-refractivity contribution in [2.45, 2.75) is 43.7 Å². The third-order valence-corrected chi connectivity index (χ3v) is 4.19. The van der Waals surface area contributed by atoms with Crippen molar-refractivity contribution in [3.8, 4) is 0 Å². The summed E-state index contributed by atoms with van der Waals surface area (Å²) < 4.78 is 0. The van der Waals surface area contributed by atoms with Crippen LogP contribution in [-0.4, -0.2) is 23.2 Å². The van der Waals surface area contributed by atoms with Crippen molar-refractivity contribution < 1.29 is 4.79 Å². The van der Waals surface area contributed by atoms with Crippen LogP contribution in [0.25, 0.3) is 0 Å². The summed E-state index contributed by atoms with van der Waals surface area (Å²) in [6.07, 6.45) is 8.38. The molecule has 0 radical (unpaired) electrons. The van der Waals surface area contributed by atoms with Crippen molar-refractivity contribution in [3.63, 3.8) is 0 Å². The molecule has 0 saturated heterocycles. The lowest BCUT2D eigenvalue weighted by molar-refractivity contribution is 0.0917. The number of thioether (sulfide) groups is 1. The molecule has 4 heteroatoms. The zero-order valence-corrected chi connectivity index (χ0v) is 11.8. The molecule has 0 aromatic carbocycles. The molecule has 2 rings (SSSR count). The summed E-state index contributed by atoms with van der Waals surface area (Å²) in [5.74, 6) is 0.740. The molecule has 1 aliphatic rings. The molecular weight excluding hydrogens is 244 g/mol. The minimum atomic E-state index is 0.0200. The molecule has 18 heavy (non-hydrogen) atoms. The molecule has 1 fully saturated rings. The molecule has 0 bridgehead atoms. The van der Waals surface area contributed by atoms with E-state index in [0.29, 0.717) is 11.6 Å². The first kappa shape index (κ1) is 13.4. The van der Waals surface area contributed by atoms with Gasteiger partial charge in [-0.25, -0.2) is 4.98 Å². The van der Waals surface area contributed by atoms with Gasteiger partial charge in [-0.05, 0) is 37.1 Å². The molecule has 1 saturated carbocycles. The zero-order chi connectivity index (χ0) is 13.0. The number of nitrogens with zero attached hydrogens (tertiary/aromatic N) is 1. The van der Waals surface area contributed by atoms with Crippen LogP contribution in [0.3, 0.4) is 0 Å². The topological polar surface area (TPSA) is 42.0 Å². The fourth-order valence-corrected chi connectivity index (χ4v) is 3.10. The number of aromatic nitrogens is 1. The molecule has 1 aromatic rings. The summed E-state index contributed by atoms with van der Waals surface area (Å²) in [6.45, 7) is 2.26. The van der Waals surface area contributed by atoms with Gasteiger partial charge >= 0.3 is 0 Å². The number of hydrogen-bond donors (Lipinski definition) is 1. The Hall–Kier alpha value is -1.03. The Bertz CT molecular complexity index is 422. The van der Waals surface area contributed by atoms with E-state index in [4.69, 9.17) is 0 Å². The van der Waals surface area contributed by atoms with E-state index < -0.39 is 0 Å². The van der Waals surface area contributed by atoms with Gasteiger partial charge in [0.05, 0.1) is 5.56 Å². The van der Waals surface area contributed by atoms with Gasteiger partial charge in [-0.3, -0.25) is 4.79 Å². The van der Waals surface area contributed by atoms with E-state index >= 15 is 0 Å². The highest BCUT2D eigenvalue weighted by Crippen LogP contribution is 2.24. The molecule has 1 heterocycles. The van der Waals surface area contributed by atoms with E-state index in [0.717, 1.165) is 23.8 Å². The summed E-state index contributed by atoms with van der Waals surface area (Å²) in [7, 11) is 0. The molecule has 1 aliphatic carbocycles. The molecular formula is C14H20N2OS. The number of rotatable bonds is 3. The predicted molar refractivity (Wildman–Crippen MR) is 74.9 cm³/mol. The van der Waals surface area contributed by atoms with Crippen molar-refractivity contribution in [3.05, 3.63) is 23.9 Å². The maximum atomic E-state index is 12.2. The van der Waals surface area contributed by atoms with Crippen LogP contribution in [0.15, 0.2) is 23.4 Å². The Morgan fingerprint density at radius 3 is 3.06 bits per heavy atom. The molecule has 2 atom stereocenters. The first-order valence-corrected chi connectivity index (χ1v) is 7.73. The van der Waals surface area contributed by atoms with Crippen LogP contribution < -0.4 is 5.32 Å². The van der Waals surface area contributed by atoms with Crippen LogP contribution in [0.4, 0.5) is 0 Å². The number of carbonyl (C=O) groups is 1. The van der Waals surface area contributed by atoms with Crippen molar-refractivity contribution in [2.75, 3.05) is 6.26 Å². The maximum absolute atomic E-state index is 12.2. The molecule has 98 valence electrons. The van der Waals surface area contributed by atoms with E-state index in [9.17, 15) is 4.79 Å². The summed E-state index contributed by atoms with van der Waals surface area (Å²) >= 11 is 1.51. The van der Waals surface area contributed by atoms with Crippen LogP contribution in [0.2, 0.25) is 0 Å². The molecule has 3 nitrogen and oxygen atoms in total.